The normalized spacial score (nSPS) is 16.1. The second kappa shape index (κ2) is 8.32. The van der Waals surface area contributed by atoms with Gasteiger partial charge >= 0.3 is 0 Å². The Bertz CT molecular complexity index is 461. The summed E-state index contributed by atoms with van der Waals surface area (Å²) in [6, 6.07) is 7.65. The number of thiocarbonyl (C=S) groups is 1. The summed E-state index contributed by atoms with van der Waals surface area (Å²) in [4.78, 5) is 2.69. The summed E-state index contributed by atoms with van der Waals surface area (Å²) in [6.45, 7) is 4.43. The lowest BCUT2D eigenvalue weighted by Gasteiger charge is -2.27. The van der Waals surface area contributed by atoms with Gasteiger partial charge in [-0.05, 0) is 37.9 Å². The van der Waals surface area contributed by atoms with E-state index in [0.29, 0.717) is 11.6 Å². The van der Waals surface area contributed by atoms with Crippen molar-refractivity contribution in [2.24, 2.45) is 11.7 Å². The van der Waals surface area contributed by atoms with Crippen molar-refractivity contribution in [3.63, 3.8) is 0 Å². The molecule has 1 aromatic carbocycles. The molecule has 1 aliphatic rings. The number of rotatable bonds is 7. The third-order valence-corrected chi connectivity index (χ3v) is 4.01. The Balaban J connectivity index is 1.74. The van der Waals surface area contributed by atoms with E-state index in [0.717, 1.165) is 56.4 Å². The predicted molar refractivity (Wildman–Crippen MR) is 88.9 cm³/mol. The standard InChI is InChI=1S/C16H24N2O2S/c1-18(12-13-6-9-19-10-7-13)8-11-20-15-5-3-2-4-14(15)16(17)21/h2-5,13H,6-12H2,1H3,(H2,17,21). The quantitative estimate of drug-likeness (QED) is 0.781. The van der Waals surface area contributed by atoms with Crippen LogP contribution in [0.15, 0.2) is 24.3 Å². The second-order valence-electron chi connectivity index (χ2n) is 5.53. The number of nitrogens with two attached hydrogens (primary N) is 1. The molecule has 0 spiro atoms. The van der Waals surface area contributed by atoms with Crippen LogP contribution in [0.2, 0.25) is 0 Å². The van der Waals surface area contributed by atoms with E-state index in [1.165, 1.54) is 0 Å². The maximum atomic E-state index is 5.82. The number of nitrogens with zero attached hydrogens (tertiary/aromatic N) is 1. The average molecular weight is 308 g/mol. The number of ether oxygens (including phenoxy) is 2. The number of hydrogen-bond donors (Lipinski definition) is 1. The van der Waals surface area contributed by atoms with E-state index in [1.807, 2.05) is 24.3 Å². The Hall–Kier alpha value is -1.17. The van der Waals surface area contributed by atoms with Gasteiger partial charge in [0.1, 0.15) is 17.3 Å². The maximum absolute atomic E-state index is 5.82. The van der Waals surface area contributed by atoms with Crippen molar-refractivity contribution in [3.05, 3.63) is 29.8 Å². The third kappa shape index (κ3) is 5.26. The van der Waals surface area contributed by atoms with Crippen molar-refractivity contribution >= 4 is 17.2 Å². The molecule has 2 N–H and O–H groups in total. The molecule has 1 aliphatic heterocycles. The number of benzene rings is 1. The minimum absolute atomic E-state index is 0.376. The SMILES string of the molecule is CN(CCOc1ccccc1C(N)=S)CC1CCOCC1. The Morgan fingerprint density at radius 1 is 1.38 bits per heavy atom. The smallest absolute Gasteiger partial charge is 0.129 e. The lowest BCUT2D eigenvalue weighted by Crippen LogP contribution is -2.32. The first-order chi connectivity index (χ1) is 10.2. The number of likely N-dealkylation sites (N-methyl/N-ethyl adjacent to an activating group) is 1. The summed E-state index contributed by atoms with van der Waals surface area (Å²) in [5.74, 6) is 1.51. The molecule has 0 aromatic heterocycles. The van der Waals surface area contributed by atoms with Crippen LogP contribution in [0.3, 0.4) is 0 Å². The molecule has 0 unspecified atom stereocenters. The molecular formula is C16H24N2O2S. The Morgan fingerprint density at radius 3 is 2.81 bits per heavy atom. The van der Waals surface area contributed by atoms with E-state index in [2.05, 4.69) is 11.9 Å². The topological polar surface area (TPSA) is 47.7 Å². The fourth-order valence-electron chi connectivity index (χ4n) is 2.57. The van der Waals surface area contributed by atoms with E-state index in [4.69, 9.17) is 27.4 Å². The first kappa shape index (κ1) is 16.2. The van der Waals surface area contributed by atoms with Crippen LogP contribution in [0.4, 0.5) is 0 Å². The van der Waals surface area contributed by atoms with Gasteiger partial charge in [0.05, 0.1) is 5.56 Å². The molecule has 1 aromatic rings. The van der Waals surface area contributed by atoms with Crippen molar-refractivity contribution in [2.75, 3.05) is 40.0 Å². The van der Waals surface area contributed by atoms with Crippen LogP contribution in [0.25, 0.3) is 0 Å². The van der Waals surface area contributed by atoms with Crippen molar-refractivity contribution in [1.29, 1.82) is 0 Å². The summed E-state index contributed by atoms with van der Waals surface area (Å²) in [5.41, 5.74) is 6.50. The molecule has 0 radical (unpaired) electrons. The second-order valence-corrected chi connectivity index (χ2v) is 5.97. The average Bonchev–Trinajstić information content (AvgIpc) is 2.48. The van der Waals surface area contributed by atoms with Crippen LogP contribution in [-0.4, -0.2) is 49.8 Å². The van der Waals surface area contributed by atoms with Crippen molar-refractivity contribution in [3.8, 4) is 5.75 Å². The molecule has 4 nitrogen and oxygen atoms in total. The van der Waals surface area contributed by atoms with Gasteiger partial charge in [0.25, 0.3) is 0 Å². The number of para-hydroxylation sites is 1. The monoisotopic (exact) mass is 308 g/mol. The van der Waals surface area contributed by atoms with Gasteiger partial charge in [-0.1, -0.05) is 24.4 Å². The molecule has 1 saturated heterocycles. The highest BCUT2D eigenvalue weighted by Crippen LogP contribution is 2.18. The van der Waals surface area contributed by atoms with Gasteiger partial charge in [0.2, 0.25) is 0 Å². The molecule has 0 saturated carbocycles. The van der Waals surface area contributed by atoms with Crippen molar-refractivity contribution in [1.82, 2.24) is 4.90 Å². The maximum Gasteiger partial charge on any atom is 0.129 e. The molecule has 2 rings (SSSR count). The highest BCUT2D eigenvalue weighted by molar-refractivity contribution is 7.80. The van der Waals surface area contributed by atoms with Crippen LogP contribution >= 0.6 is 12.2 Å². The van der Waals surface area contributed by atoms with E-state index in [1.54, 1.807) is 0 Å². The summed E-state index contributed by atoms with van der Waals surface area (Å²) < 4.78 is 11.2. The summed E-state index contributed by atoms with van der Waals surface area (Å²) in [7, 11) is 2.14. The first-order valence-corrected chi connectivity index (χ1v) is 7.85. The van der Waals surface area contributed by atoms with Gasteiger partial charge in [-0.2, -0.15) is 0 Å². The Labute approximate surface area is 132 Å². The van der Waals surface area contributed by atoms with Crippen LogP contribution < -0.4 is 10.5 Å². The largest absolute Gasteiger partial charge is 0.492 e. The molecule has 0 amide bonds. The summed E-state index contributed by atoms with van der Waals surface area (Å²) in [6.07, 6.45) is 2.32. The van der Waals surface area contributed by atoms with E-state index in [-0.39, 0.29) is 0 Å². The molecular weight excluding hydrogens is 284 g/mol. The molecule has 0 aliphatic carbocycles. The minimum Gasteiger partial charge on any atom is -0.492 e. The van der Waals surface area contributed by atoms with Gasteiger partial charge in [-0.3, -0.25) is 0 Å². The lowest BCUT2D eigenvalue weighted by atomic mass is 10.00. The molecule has 1 heterocycles. The molecule has 0 bridgehead atoms. The molecule has 1 fully saturated rings. The molecule has 116 valence electrons. The third-order valence-electron chi connectivity index (χ3n) is 3.79. The summed E-state index contributed by atoms with van der Waals surface area (Å²) >= 11 is 5.04. The van der Waals surface area contributed by atoms with E-state index >= 15 is 0 Å². The van der Waals surface area contributed by atoms with E-state index < -0.39 is 0 Å². The van der Waals surface area contributed by atoms with Crippen molar-refractivity contribution < 1.29 is 9.47 Å². The van der Waals surface area contributed by atoms with Gasteiger partial charge in [-0.15, -0.1) is 0 Å². The lowest BCUT2D eigenvalue weighted by molar-refractivity contribution is 0.0543. The molecule has 0 atom stereocenters. The minimum atomic E-state index is 0.376. The zero-order valence-electron chi connectivity index (χ0n) is 12.6. The van der Waals surface area contributed by atoms with Gasteiger partial charge < -0.3 is 20.1 Å². The fourth-order valence-corrected chi connectivity index (χ4v) is 2.74. The van der Waals surface area contributed by atoms with E-state index in [9.17, 15) is 0 Å². The predicted octanol–water partition coefficient (Wildman–Crippen LogP) is 2.06. The Kier molecular flexibility index (Phi) is 6.42. The number of hydrogen-bond acceptors (Lipinski definition) is 4. The van der Waals surface area contributed by atoms with Gasteiger partial charge in [0.15, 0.2) is 0 Å². The van der Waals surface area contributed by atoms with Crippen LogP contribution in [0.5, 0.6) is 5.75 Å². The molecule has 21 heavy (non-hydrogen) atoms. The highest BCUT2D eigenvalue weighted by Gasteiger charge is 2.15. The fraction of sp³-hybridized carbons (Fsp3) is 0.562. The Morgan fingerprint density at radius 2 is 2.10 bits per heavy atom. The molecule has 5 heteroatoms. The van der Waals surface area contributed by atoms with Crippen LogP contribution in [0.1, 0.15) is 18.4 Å². The van der Waals surface area contributed by atoms with Gasteiger partial charge in [-0.25, -0.2) is 0 Å². The van der Waals surface area contributed by atoms with Gasteiger partial charge in [0, 0.05) is 26.3 Å². The highest BCUT2D eigenvalue weighted by atomic mass is 32.1. The first-order valence-electron chi connectivity index (χ1n) is 7.44. The van der Waals surface area contributed by atoms with Crippen LogP contribution in [-0.2, 0) is 4.74 Å². The zero-order chi connectivity index (χ0) is 15.1. The zero-order valence-corrected chi connectivity index (χ0v) is 13.4. The summed E-state index contributed by atoms with van der Waals surface area (Å²) in [5, 5.41) is 0. The van der Waals surface area contributed by atoms with Crippen LogP contribution in [0, 0.1) is 5.92 Å². The van der Waals surface area contributed by atoms with Crippen molar-refractivity contribution in [2.45, 2.75) is 12.8 Å².